The molecule has 0 bridgehead atoms. The topological polar surface area (TPSA) is 15.3 Å². The quantitative estimate of drug-likeness (QED) is 0.841. The fourth-order valence-electron chi connectivity index (χ4n) is 3.08. The Bertz CT molecular complexity index is 597. The lowest BCUT2D eigenvalue weighted by Crippen LogP contribution is -2.46. The average Bonchev–Trinajstić information content (AvgIpc) is 2.57. The van der Waals surface area contributed by atoms with Crippen LogP contribution in [-0.4, -0.2) is 22.6 Å². The van der Waals surface area contributed by atoms with Crippen LogP contribution in [0.15, 0.2) is 60.7 Å². The minimum absolute atomic E-state index is 0.500. The van der Waals surface area contributed by atoms with Crippen molar-refractivity contribution in [1.29, 1.82) is 0 Å². The van der Waals surface area contributed by atoms with Crippen molar-refractivity contribution < 1.29 is 0 Å². The van der Waals surface area contributed by atoms with E-state index in [0.29, 0.717) is 6.04 Å². The summed E-state index contributed by atoms with van der Waals surface area (Å²) >= 11 is 5.66. The minimum atomic E-state index is 0.500. The lowest BCUT2D eigenvalue weighted by Gasteiger charge is -2.38. The summed E-state index contributed by atoms with van der Waals surface area (Å²) in [4.78, 5) is 2.37. The van der Waals surface area contributed by atoms with E-state index in [9.17, 15) is 0 Å². The number of anilines is 1. The van der Waals surface area contributed by atoms with E-state index in [0.717, 1.165) is 23.8 Å². The molecule has 0 saturated carbocycles. The molecule has 0 spiro atoms. The number of thiocarbonyl (C=S) groups is 1. The van der Waals surface area contributed by atoms with Crippen LogP contribution in [0, 0.1) is 0 Å². The number of para-hydroxylation sites is 1. The summed E-state index contributed by atoms with van der Waals surface area (Å²) in [6.07, 6.45) is 4.80. The second kappa shape index (κ2) is 7.41. The van der Waals surface area contributed by atoms with E-state index >= 15 is 0 Å². The maximum absolute atomic E-state index is 5.66. The molecule has 2 aromatic rings. The van der Waals surface area contributed by atoms with E-state index in [4.69, 9.17) is 12.2 Å². The number of nitrogens with one attached hydrogen (secondary N) is 1. The van der Waals surface area contributed by atoms with Crippen LogP contribution in [0.4, 0.5) is 5.69 Å². The molecule has 22 heavy (non-hydrogen) atoms. The molecule has 3 rings (SSSR count). The molecule has 1 aliphatic heterocycles. The van der Waals surface area contributed by atoms with E-state index < -0.39 is 0 Å². The first kappa shape index (κ1) is 15.0. The van der Waals surface area contributed by atoms with Crippen LogP contribution in [0.5, 0.6) is 0 Å². The average molecular weight is 310 g/mol. The number of likely N-dealkylation sites (tertiary alicyclic amines) is 1. The van der Waals surface area contributed by atoms with Crippen molar-refractivity contribution >= 4 is 23.0 Å². The highest BCUT2D eigenvalue weighted by Gasteiger charge is 2.24. The van der Waals surface area contributed by atoms with Crippen molar-refractivity contribution in [2.45, 2.75) is 31.7 Å². The highest BCUT2D eigenvalue weighted by atomic mass is 32.1. The van der Waals surface area contributed by atoms with Crippen molar-refractivity contribution in [3.8, 4) is 0 Å². The lowest BCUT2D eigenvalue weighted by molar-refractivity contribution is 0.243. The van der Waals surface area contributed by atoms with Gasteiger partial charge in [0.05, 0.1) is 0 Å². The molecule has 0 aliphatic carbocycles. The molecule has 1 fully saturated rings. The summed E-state index contributed by atoms with van der Waals surface area (Å²) in [5.74, 6) is 0. The Morgan fingerprint density at radius 1 is 1.00 bits per heavy atom. The Balaban J connectivity index is 1.68. The third kappa shape index (κ3) is 3.86. The van der Waals surface area contributed by atoms with Crippen LogP contribution < -0.4 is 5.32 Å². The zero-order chi connectivity index (χ0) is 15.2. The van der Waals surface area contributed by atoms with E-state index in [1.165, 1.54) is 24.8 Å². The first-order valence-corrected chi connectivity index (χ1v) is 8.40. The third-order valence-corrected chi connectivity index (χ3v) is 4.56. The summed E-state index contributed by atoms with van der Waals surface area (Å²) in [6.45, 7) is 1.05. The second-order valence-electron chi connectivity index (χ2n) is 5.83. The van der Waals surface area contributed by atoms with Gasteiger partial charge in [-0.1, -0.05) is 48.5 Å². The van der Waals surface area contributed by atoms with Crippen LogP contribution in [-0.2, 0) is 6.42 Å². The molecule has 1 heterocycles. The molecular formula is C19H22N2S. The van der Waals surface area contributed by atoms with Crippen LogP contribution in [0.3, 0.4) is 0 Å². The van der Waals surface area contributed by atoms with Gasteiger partial charge in [-0.2, -0.15) is 0 Å². The van der Waals surface area contributed by atoms with Gasteiger partial charge in [-0.25, -0.2) is 0 Å². The summed E-state index contributed by atoms with van der Waals surface area (Å²) in [5, 5.41) is 4.24. The first-order chi connectivity index (χ1) is 10.8. The Morgan fingerprint density at radius 3 is 2.41 bits per heavy atom. The molecule has 2 nitrogen and oxygen atoms in total. The lowest BCUT2D eigenvalue weighted by atomic mass is 9.96. The van der Waals surface area contributed by atoms with Gasteiger partial charge in [0.25, 0.3) is 0 Å². The molecule has 1 saturated heterocycles. The van der Waals surface area contributed by atoms with E-state index in [2.05, 4.69) is 52.7 Å². The largest absolute Gasteiger partial charge is 0.346 e. The Labute approximate surface area is 138 Å². The van der Waals surface area contributed by atoms with Gasteiger partial charge < -0.3 is 10.2 Å². The number of hydrogen-bond acceptors (Lipinski definition) is 1. The van der Waals surface area contributed by atoms with Gasteiger partial charge >= 0.3 is 0 Å². The number of piperidine rings is 1. The molecule has 0 radical (unpaired) electrons. The van der Waals surface area contributed by atoms with Gasteiger partial charge in [0.2, 0.25) is 0 Å². The number of rotatable bonds is 3. The number of hydrogen-bond donors (Lipinski definition) is 1. The molecule has 0 unspecified atom stereocenters. The first-order valence-electron chi connectivity index (χ1n) is 7.99. The Morgan fingerprint density at radius 2 is 1.68 bits per heavy atom. The second-order valence-corrected chi connectivity index (χ2v) is 6.22. The monoisotopic (exact) mass is 310 g/mol. The van der Waals surface area contributed by atoms with Crippen LogP contribution in [0.25, 0.3) is 0 Å². The van der Waals surface area contributed by atoms with E-state index in [1.54, 1.807) is 0 Å². The molecule has 1 aliphatic rings. The molecule has 2 aromatic carbocycles. The van der Waals surface area contributed by atoms with Crippen LogP contribution >= 0.6 is 12.2 Å². The van der Waals surface area contributed by atoms with Crippen molar-refractivity contribution in [3.05, 3.63) is 66.2 Å². The van der Waals surface area contributed by atoms with Crippen LogP contribution in [0.2, 0.25) is 0 Å². The zero-order valence-corrected chi connectivity index (χ0v) is 13.6. The van der Waals surface area contributed by atoms with E-state index in [-0.39, 0.29) is 0 Å². The molecule has 0 aromatic heterocycles. The standard InChI is InChI=1S/C19H22N2S/c22-19(20-17-11-5-2-6-12-17)21-14-8-7-13-18(21)15-16-9-3-1-4-10-16/h1-6,9-12,18H,7-8,13-15H2,(H,20,22)/t18-/m0/s1. The van der Waals surface area contributed by atoms with Gasteiger partial charge in [-0.3, -0.25) is 0 Å². The maximum Gasteiger partial charge on any atom is 0.173 e. The van der Waals surface area contributed by atoms with Crippen molar-refractivity contribution in [1.82, 2.24) is 4.90 Å². The predicted octanol–water partition coefficient (Wildman–Crippen LogP) is 4.48. The summed E-state index contributed by atoms with van der Waals surface area (Å²) < 4.78 is 0. The molecule has 114 valence electrons. The Hall–Kier alpha value is -1.87. The SMILES string of the molecule is S=C(Nc1ccccc1)N1CCCC[C@H]1Cc1ccccc1. The van der Waals surface area contributed by atoms with E-state index in [1.807, 2.05) is 18.2 Å². The van der Waals surface area contributed by atoms with Gasteiger partial charge in [-0.15, -0.1) is 0 Å². The van der Waals surface area contributed by atoms with Crippen molar-refractivity contribution in [2.75, 3.05) is 11.9 Å². The van der Waals surface area contributed by atoms with Gasteiger partial charge in [0.15, 0.2) is 5.11 Å². The fourth-order valence-corrected chi connectivity index (χ4v) is 3.44. The maximum atomic E-state index is 5.66. The van der Waals surface area contributed by atoms with Crippen molar-refractivity contribution in [2.24, 2.45) is 0 Å². The summed E-state index contributed by atoms with van der Waals surface area (Å²) in [6, 6.07) is 21.4. The highest BCUT2D eigenvalue weighted by Crippen LogP contribution is 2.22. The highest BCUT2D eigenvalue weighted by molar-refractivity contribution is 7.80. The molecule has 3 heteroatoms. The normalized spacial score (nSPS) is 18.0. The summed E-state index contributed by atoms with van der Waals surface area (Å²) in [5.41, 5.74) is 2.46. The predicted molar refractivity (Wildman–Crippen MR) is 97.2 cm³/mol. The summed E-state index contributed by atoms with van der Waals surface area (Å²) in [7, 11) is 0. The molecule has 1 atom stereocenters. The third-order valence-electron chi connectivity index (χ3n) is 4.23. The van der Waals surface area contributed by atoms with Crippen molar-refractivity contribution in [3.63, 3.8) is 0 Å². The van der Waals surface area contributed by atoms with Gasteiger partial charge in [0, 0.05) is 18.3 Å². The van der Waals surface area contributed by atoms with Gasteiger partial charge in [-0.05, 0) is 55.6 Å². The van der Waals surface area contributed by atoms with Gasteiger partial charge in [0.1, 0.15) is 0 Å². The number of benzene rings is 2. The molecule has 0 amide bonds. The Kier molecular flexibility index (Phi) is 5.07. The molecular weight excluding hydrogens is 288 g/mol. The van der Waals surface area contributed by atoms with Crippen LogP contribution in [0.1, 0.15) is 24.8 Å². The zero-order valence-electron chi connectivity index (χ0n) is 12.7. The fraction of sp³-hybridized carbons (Fsp3) is 0.316. The smallest absolute Gasteiger partial charge is 0.173 e. The molecule has 1 N–H and O–H groups in total. The minimum Gasteiger partial charge on any atom is -0.346 e. The number of nitrogens with zero attached hydrogens (tertiary/aromatic N) is 1.